The van der Waals surface area contributed by atoms with E-state index in [1.807, 2.05) is 29.7 Å². The summed E-state index contributed by atoms with van der Waals surface area (Å²) in [6, 6.07) is 12.6. The summed E-state index contributed by atoms with van der Waals surface area (Å²) in [4.78, 5) is 30.2. The molecule has 33 heavy (non-hydrogen) atoms. The summed E-state index contributed by atoms with van der Waals surface area (Å²) in [6.07, 6.45) is -1.35. The molecule has 1 aliphatic heterocycles. The predicted octanol–water partition coefficient (Wildman–Crippen LogP) is 3.57. The Kier molecular flexibility index (Phi) is 7.10. The number of fused-ring (bicyclic) bond motifs is 2. The Morgan fingerprint density at radius 3 is 2.58 bits per heavy atom. The second-order valence-corrected chi connectivity index (χ2v) is 8.40. The van der Waals surface area contributed by atoms with Gasteiger partial charge in [0, 0.05) is 13.2 Å². The van der Waals surface area contributed by atoms with Gasteiger partial charge in [0.25, 0.3) is 5.91 Å². The van der Waals surface area contributed by atoms with Crippen LogP contribution in [0.5, 0.6) is 11.5 Å². The zero-order chi connectivity index (χ0) is 23.4. The van der Waals surface area contributed by atoms with Gasteiger partial charge in [0.1, 0.15) is 6.10 Å². The summed E-state index contributed by atoms with van der Waals surface area (Å²) in [7, 11) is 0. The molecule has 0 spiro atoms. The number of hydrogen-bond acceptors (Lipinski definition) is 7. The van der Waals surface area contributed by atoms with Crippen LogP contribution in [0.3, 0.4) is 0 Å². The third kappa shape index (κ3) is 4.94. The standard InChI is InChI=1S/C24H26N2O6S/c1-4-29-13-12-26-17-11-10-16(23(28)30-5-2)14-20(17)33-24(26)25-22(27)21-15(3)31-18-8-6-7-9-19(18)32-21/h6-11,14-15,21H,4-5,12-13H2,1-3H3. The second-order valence-electron chi connectivity index (χ2n) is 7.39. The maximum atomic E-state index is 13.1. The second kappa shape index (κ2) is 10.2. The number of esters is 1. The van der Waals surface area contributed by atoms with E-state index in [2.05, 4.69) is 4.99 Å². The normalized spacial score (nSPS) is 17.8. The third-order valence-corrected chi connectivity index (χ3v) is 6.19. The van der Waals surface area contributed by atoms with Crippen LogP contribution in [-0.4, -0.2) is 48.5 Å². The lowest BCUT2D eigenvalue weighted by Gasteiger charge is -2.29. The number of carbonyl (C=O) groups excluding carboxylic acids is 2. The molecule has 2 heterocycles. The molecular weight excluding hydrogens is 444 g/mol. The zero-order valence-corrected chi connectivity index (χ0v) is 19.6. The molecule has 9 heteroatoms. The highest BCUT2D eigenvalue weighted by molar-refractivity contribution is 7.16. The molecular formula is C24H26N2O6S. The molecule has 174 valence electrons. The minimum Gasteiger partial charge on any atom is -0.482 e. The number of ether oxygens (including phenoxy) is 4. The van der Waals surface area contributed by atoms with E-state index in [1.165, 1.54) is 11.3 Å². The molecule has 0 radical (unpaired) electrons. The molecule has 0 N–H and O–H groups in total. The smallest absolute Gasteiger partial charge is 0.338 e. The van der Waals surface area contributed by atoms with Gasteiger partial charge in [-0.2, -0.15) is 4.99 Å². The van der Waals surface area contributed by atoms with E-state index < -0.39 is 18.1 Å². The molecule has 8 nitrogen and oxygen atoms in total. The van der Waals surface area contributed by atoms with Crippen LogP contribution in [0, 0.1) is 0 Å². The maximum Gasteiger partial charge on any atom is 0.338 e. The molecule has 0 fully saturated rings. The van der Waals surface area contributed by atoms with E-state index in [9.17, 15) is 9.59 Å². The van der Waals surface area contributed by atoms with E-state index in [-0.39, 0.29) is 5.97 Å². The Morgan fingerprint density at radius 2 is 1.85 bits per heavy atom. The van der Waals surface area contributed by atoms with Crippen molar-refractivity contribution >= 4 is 33.4 Å². The number of para-hydroxylation sites is 2. The van der Waals surface area contributed by atoms with Crippen LogP contribution in [0.2, 0.25) is 0 Å². The Balaban J connectivity index is 1.70. The molecule has 2 atom stereocenters. The maximum absolute atomic E-state index is 13.1. The minimum atomic E-state index is -0.861. The van der Waals surface area contributed by atoms with Crippen LogP contribution >= 0.6 is 11.3 Å². The van der Waals surface area contributed by atoms with E-state index in [4.69, 9.17) is 18.9 Å². The first-order valence-corrected chi connectivity index (χ1v) is 11.7. The number of amides is 1. The van der Waals surface area contributed by atoms with Gasteiger partial charge >= 0.3 is 5.97 Å². The van der Waals surface area contributed by atoms with Crippen molar-refractivity contribution in [3.05, 3.63) is 52.8 Å². The van der Waals surface area contributed by atoms with Crippen molar-refractivity contribution in [3.63, 3.8) is 0 Å². The van der Waals surface area contributed by atoms with E-state index >= 15 is 0 Å². The number of nitrogens with zero attached hydrogens (tertiary/aromatic N) is 2. The van der Waals surface area contributed by atoms with Crippen molar-refractivity contribution in [3.8, 4) is 11.5 Å². The number of hydrogen-bond donors (Lipinski definition) is 0. The molecule has 0 saturated carbocycles. The number of carbonyl (C=O) groups is 2. The summed E-state index contributed by atoms with van der Waals surface area (Å²) in [5.74, 6) is 0.306. The molecule has 0 bridgehead atoms. The van der Waals surface area contributed by atoms with Crippen molar-refractivity contribution < 1.29 is 28.5 Å². The van der Waals surface area contributed by atoms with Crippen LogP contribution in [0.25, 0.3) is 10.2 Å². The van der Waals surface area contributed by atoms with Gasteiger partial charge in [-0.15, -0.1) is 0 Å². The molecule has 1 amide bonds. The van der Waals surface area contributed by atoms with E-state index in [0.717, 1.165) is 10.2 Å². The van der Waals surface area contributed by atoms with Gasteiger partial charge in [-0.05, 0) is 51.1 Å². The molecule has 0 saturated heterocycles. The van der Waals surface area contributed by atoms with Crippen LogP contribution < -0.4 is 14.3 Å². The number of benzene rings is 2. The number of aromatic nitrogens is 1. The van der Waals surface area contributed by atoms with Crippen molar-refractivity contribution in [2.45, 2.75) is 39.5 Å². The van der Waals surface area contributed by atoms with Gasteiger partial charge in [-0.1, -0.05) is 23.5 Å². The highest BCUT2D eigenvalue weighted by Crippen LogP contribution is 2.33. The van der Waals surface area contributed by atoms with Crippen molar-refractivity contribution in [2.75, 3.05) is 19.8 Å². The molecule has 2 unspecified atom stereocenters. The summed E-state index contributed by atoms with van der Waals surface area (Å²) >= 11 is 1.33. The number of thiazole rings is 1. The van der Waals surface area contributed by atoms with Gasteiger partial charge < -0.3 is 23.5 Å². The van der Waals surface area contributed by atoms with E-state index in [0.29, 0.717) is 48.2 Å². The summed E-state index contributed by atoms with van der Waals surface area (Å²) in [5.41, 5.74) is 1.31. The van der Waals surface area contributed by atoms with Gasteiger partial charge in [0.05, 0.1) is 29.0 Å². The van der Waals surface area contributed by atoms with Crippen LogP contribution in [0.4, 0.5) is 0 Å². The van der Waals surface area contributed by atoms with Gasteiger partial charge in [0.15, 0.2) is 16.3 Å². The molecule has 0 aliphatic carbocycles. The lowest BCUT2D eigenvalue weighted by atomic mass is 10.1. The van der Waals surface area contributed by atoms with Crippen molar-refractivity contribution in [1.82, 2.24) is 4.57 Å². The highest BCUT2D eigenvalue weighted by Gasteiger charge is 2.34. The molecule has 1 aromatic heterocycles. The van der Waals surface area contributed by atoms with Gasteiger partial charge in [-0.25, -0.2) is 4.79 Å². The summed E-state index contributed by atoms with van der Waals surface area (Å²) in [6.45, 7) is 7.35. The quantitative estimate of drug-likeness (QED) is 0.388. The Hall–Kier alpha value is -3.17. The van der Waals surface area contributed by atoms with Crippen LogP contribution in [-0.2, 0) is 20.8 Å². The van der Waals surface area contributed by atoms with Gasteiger partial charge in [0.2, 0.25) is 6.10 Å². The lowest BCUT2D eigenvalue weighted by molar-refractivity contribution is -0.130. The Labute approximate surface area is 195 Å². The molecule has 3 aromatic rings. The fraction of sp³-hybridized carbons (Fsp3) is 0.375. The Morgan fingerprint density at radius 1 is 1.09 bits per heavy atom. The fourth-order valence-electron chi connectivity index (χ4n) is 3.56. The predicted molar refractivity (Wildman–Crippen MR) is 124 cm³/mol. The van der Waals surface area contributed by atoms with Gasteiger partial charge in [-0.3, -0.25) is 4.79 Å². The van der Waals surface area contributed by atoms with E-state index in [1.54, 1.807) is 38.1 Å². The average Bonchev–Trinajstić information content (AvgIpc) is 3.15. The average molecular weight is 471 g/mol. The third-order valence-electron chi connectivity index (χ3n) is 5.15. The summed E-state index contributed by atoms with van der Waals surface area (Å²) < 4.78 is 25.1. The van der Waals surface area contributed by atoms with Crippen LogP contribution in [0.15, 0.2) is 47.5 Å². The first-order chi connectivity index (χ1) is 16.0. The SMILES string of the molecule is CCOCCn1c(=NC(=O)C2Oc3ccccc3OC2C)sc2cc(C(=O)OCC)ccc21. The van der Waals surface area contributed by atoms with Crippen molar-refractivity contribution in [2.24, 2.45) is 4.99 Å². The first kappa shape index (κ1) is 23.0. The Bertz CT molecular complexity index is 1230. The first-order valence-electron chi connectivity index (χ1n) is 10.9. The molecule has 4 rings (SSSR count). The molecule has 2 aromatic carbocycles. The fourth-order valence-corrected chi connectivity index (χ4v) is 4.67. The zero-order valence-electron chi connectivity index (χ0n) is 18.8. The van der Waals surface area contributed by atoms with Crippen molar-refractivity contribution in [1.29, 1.82) is 0 Å². The topological polar surface area (TPSA) is 88.4 Å². The minimum absolute atomic E-state index is 0.301. The number of rotatable bonds is 7. The highest BCUT2D eigenvalue weighted by atomic mass is 32.1. The molecule has 1 aliphatic rings. The largest absolute Gasteiger partial charge is 0.482 e. The lowest BCUT2D eigenvalue weighted by Crippen LogP contribution is -2.43. The van der Waals surface area contributed by atoms with Crippen LogP contribution in [0.1, 0.15) is 31.1 Å². The summed E-state index contributed by atoms with van der Waals surface area (Å²) in [5, 5.41) is 0. The monoisotopic (exact) mass is 470 g/mol.